The van der Waals surface area contributed by atoms with E-state index in [4.69, 9.17) is 14.3 Å². The third-order valence-electron chi connectivity index (χ3n) is 3.34. The molecule has 0 saturated carbocycles. The van der Waals surface area contributed by atoms with Crippen molar-refractivity contribution in [2.45, 2.75) is 25.9 Å². The zero-order valence-corrected chi connectivity index (χ0v) is 11.4. The number of benzene rings is 1. The van der Waals surface area contributed by atoms with Crippen molar-refractivity contribution < 1.29 is 19.1 Å². The van der Waals surface area contributed by atoms with Crippen LogP contribution >= 0.6 is 0 Å². The van der Waals surface area contributed by atoms with Gasteiger partial charge in [-0.2, -0.15) is 0 Å². The lowest BCUT2D eigenvalue weighted by Crippen LogP contribution is -2.25. The summed E-state index contributed by atoms with van der Waals surface area (Å²) in [5, 5.41) is 0. The van der Waals surface area contributed by atoms with Crippen molar-refractivity contribution in [1.82, 2.24) is 5.48 Å². The molecule has 1 heterocycles. The summed E-state index contributed by atoms with van der Waals surface area (Å²) < 4.78 is 10.6. The number of carbonyl (C=O) groups is 1. The van der Waals surface area contributed by atoms with Crippen molar-refractivity contribution in [2.24, 2.45) is 0 Å². The van der Waals surface area contributed by atoms with Gasteiger partial charge in [0.05, 0.1) is 18.8 Å². The number of hydroxylamine groups is 1. The van der Waals surface area contributed by atoms with Gasteiger partial charge in [0.15, 0.2) is 0 Å². The summed E-state index contributed by atoms with van der Waals surface area (Å²) in [7, 11) is 1.58. The summed E-state index contributed by atoms with van der Waals surface area (Å²) in [5.41, 5.74) is 3.97. The molecule has 0 saturated heterocycles. The van der Waals surface area contributed by atoms with Crippen molar-refractivity contribution in [1.29, 1.82) is 0 Å². The first-order chi connectivity index (χ1) is 9.15. The number of para-hydroxylation sites is 1. The maximum Gasteiger partial charge on any atom is 0.278 e. The fraction of sp³-hybridized carbons (Fsp3) is 0.500. The van der Waals surface area contributed by atoms with Crippen LogP contribution in [-0.2, 0) is 9.57 Å². The molecule has 0 spiro atoms. The van der Waals surface area contributed by atoms with Gasteiger partial charge >= 0.3 is 0 Å². The van der Waals surface area contributed by atoms with Crippen molar-refractivity contribution in [3.8, 4) is 5.75 Å². The summed E-state index contributed by atoms with van der Waals surface area (Å²) >= 11 is 0. The average Bonchev–Trinajstić information content (AvgIpc) is 2.70. The van der Waals surface area contributed by atoms with E-state index in [0.29, 0.717) is 24.5 Å². The molecule has 2 atom stereocenters. The van der Waals surface area contributed by atoms with E-state index in [1.165, 1.54) is 0 Å². The Morgan fingerprint density at radius 1 is 1.37 bits per heavy atom. The molecule has 2 unspecified atom stereocenters. The molecule has 1 aromatic rings. The minimum Gasteiger partial charge on any atom is -0.489 e. The number of methoxy groups -OCH3 is 1. The molecule has 0 radical (unpaired) electrons. The van der Waals surface area contributed by atoms with Gasteiger partial charge in [-0.15, -0.1) is 0 Å². The number of rotatable bonds is 5. The van der Waals surface area contributed by atoms with Gasteiger partial charge in [0.1, 0.15) is 11.9 Å². The Balaban J connectivity index is 2.07. The van der Waals surface area contributed by atoms with Crippen LogP contribution in [0.3, 0.4) is 0 Å². The van der Waals surface area contributed by atoms with Gasteiger partial charge in [-0.1, -0.05) is 19.1 Å². The SMILES string of the molecule is COCCONC(=O)c1cccc2c1OC(C)C2C. The fourth-order valence-electron chi connectivity index (χ4n) is 2.06. The first-order valence-electron chi connectivity index (χ1n) is 6.35. The maximum absolute atomic E-state index is 12.0. The van der Waals surface area contributed by atoms with Gasteiger partial charge in [0.25, 0.3) is 5.91 Å². The standard InChI is InChI=1S/C14H19NO4/c1-9-10(2)19-13-11(9)5-4-6-12(13)14(16)15-18-8-7-17-3/h4-6,9-10H,7-8H2,1-3H3,(H,15,16). The highest BCUT2D eigenvalue weighted by Crippen LogP contribution is 2.40. The molecule has 1 N–H and O–H groups in total. The van der Waals surface area contributed by atoms with Crippen LogP contribution in [0.4, 0.5) is 0 Å². The van der Waals surface area contributed by atoms with Gasteiger partial charge in [0, 0.05) is 18.6 Å². The van der Waals surface area contributed by atoms with Crippen LogP contribution in [0.1, 0.15) is 35.7 Å². The summed E-state index contributed by atoms with van der Waals surface area (Å²) in [5.74, 6) is 0.654. The van der Waals surface area contributed by atoms with Crippen molar-refractivity contribution in [3.05, 3.63) is 29.3 Å². The molecule has 19 heavy (non-hydrogen) atoms. The highest BCUT2D eigenvalue weighted by atomic mass is 16.7. The number of amides is 1. The van der Waals surface area contributed by atoms with Crippen LogP contribution < -0.4 is 10.2 Å². The summed E-state index contributed by atoms with van der Waals surface area (Å²) in [6.07, 6.45) is 0.0818. The molecule has 1 amide bonds. The van der Waals surface area contributed by atoms with Gasteiger partial charge < -0.3 is 9.47 Å². The molecule has 5 heteroatoms. The Labute approximate surface area is 112 Å². The highest BCUT2D eigenvalue weighted by Gasteiger charge is 2.31. The highest BCUT2D eigenvalue weighted by molar-refractivity contribution is 5.97. The molecule has 0 aliphatic carbocycles. The Morgan fingerprint density at radius 3 is 2.89 bits per heavy atom. The van der Waals surface area contributed by atoms with Crippen molar-refractivity contribution >= 4 is 5.91 Å². The first-order valence-corrected chi connectivity index (χ1v) is 6.35. The van der Waals surface area contributed by atoms with E-state index < -0.39 is 0 Å². The maximum atomic E-state index is 12.0. The summed E-state index contributed by atoms with van der Waals surface area (Å²) in [6.45, 7) is 4.83. The lowest BCUT2D eigenvalue weighted by molar-refractivity contribution is 0.00869. The van der Waals surface area contributed by atoms with Crippen molar-refractivity contribution in [3.63, 3.8) is 0 Å². The largest absolute Gasteiger partial charge is 0.489 e. The van der Waals surface area contributed by atoms with Crippen LogP contribution in [0.5, 0.6) is 5.75 Å². The quantitative estimate of drug-likeness (QED) is 0.652. The molecule has 104 valence electrons. The van der Waals surface area contributed by atoms with Crippen LogP contribution in [0.15, 0.2) is 18.2 Å². The molecular formula is C14H19NO4. The Bertz CT molecular complexity index is 461. The second-order valence-corrected chi connectivity index (χ2v) is 4.61. The number of hydrogen-bond acceptors (Lipinski definition) is 4. The predicted molar refractivity (Wildman–Crippen MR) is 70.2 cm³/mol. The number of fused-ring (bicyclic) bond motifs is 1. The molecular weight excluding hydrogens is 246 g/mol. The van der Waals surface area contributed by atoms with Crippen LogP contribution in [0.2, 0.25) is 0 Å². The van der Waals surface area contributed by atoms with E-state index in [-0.39, 0.29) is 17.9 Å². The number of nitrogens with one attached hydrogen (secondary N) is 1. The lowest BCUT2D eigenvalue weighted by atomic mass is 9.97. The number of hydrogen-bond donors (Lipinski definition) is 1. The molecule has 0 bridgehead atoms. The molecule has 1 aromatic carbocycles. The fourth-order valence-corrected chi connectivity index (χ4v) is 2.06. The van der Waals surface area contributed by atoms with E-state index in [0.717, 1.165) is 5.56 Å². The van der Waals surface area contributed by atoms with Gasteiger partial charge in [-0.3, -0.25) is 9.63 Å². The number of ether oxygens (including phenoxy) is 2. The second-order valence-electron chi connectivity index (χ2n) is 4.61. The van der Waals surface area contributed by atoms with E-state index in [2.05, 4.69) is 12.4 Å². The molecule has 0 fully saturated rings. The molecule has 5 nitrogen and oxygen atoms in total. The molecule has 2 rings (SSSR count). The van der Waals surface area contributed by atoms with Crippen molar-refractivity contribution in [2.75, 3.05) is 20.3 Å². The summed E-state index contributed by atoms with van der Waals surface area (Å²) in [6, 6.07) is 5.59. The van der Waals surface area contributed by atoms with E-state index in [1.54, 1.807) is 13.2 Å². The summed E-state index contributed by atoms with van der Waals surface area (Å²) in [4.78, 5) is 17.0. The smallest absolute Gasteiger partial charge is 0.278 e. The normalized spacial score (nSPS) is 20.8. The molecule has 0 aromatic heterocycles. The second kappa shape index (κ2) is 6.04. The van der Waals surface area contributed by atoms with Gasteiger partial charge in [0.2, 0.25) is 0 Å². The minimum absolute atomic E-state index is 0.0818. The van der Waals surface area contributed by atoms with Crippen LogP contribution in [0, 0.1) is 0 Å². The molecule has 1 aliphatic heterocycles. The third-order valence-corrected chi connectivity index (χ3v) is 3.34. The Kier molecular flexibility index (Phi) is 4.39. The molecule has 1 aliphatic rings. The van der Waals surface area contributed by atoms with Gasteiger partial charge in [-0.05, 0) is 13.0 Å². The topological polar surface area (TPSA) is 56.8 Å². The van der Waals surface area contributed by atoms with Crippen LogP contribution in [0.25, 0.3) is 0 Å². The van der Waals surface area contributed by atoms with E-state index >= 15 is 0 Å². The zero-order chi connectivity index (χ0) is 13.8. The Hall–Kier alpha value is -1.59. The number of carbonyl (C=O) groups excluding carboxylic acids is 1. The van der Waals surface area contributed by atoms with Gasteiger partial charge in [-0.25, -0.2) is 5.48 Å². The zero-order valence-electron chi connectivity index (χ0n) is 11.4. The van der Waals surface area contributed by atoms with E-state index in [9.17, 15) is 4.79 Å². The third kappa shape index (κ3) is 2.88. The first kappa shape index (κ1) is 13.8. The average molecular weight is 265 g/mol. The van der Waals surface area contributed by atoms with E-state index in [1.807, 2.05) is 19.1 Å². The monoisotopic (exact) mass is 265 g/mol. The lowest BCUT2D eigenvalue weighted by Gasteiger charge is -2.10. The van der Waals surface area contributed by atoms with Crippen LogP contribution in [-0.4, -0.2) is 32.3 Å². The Morgan fingerprint density at radius 2 is 2.16 bits per heavy atom. The predicted octanol–water partition coefficient (Wildman–Crippen LogP) is 1.88. The minimum atomic E-state index is -0.297.